The van der Waals surface area contributed by atoms with E-state index in [1.54, 1.807) is 0 Å². The molecule has 110 valence electrons. The van der Waals surface area contributed by atoms with E-state index in [-0.39, 0.29) is 5.91 Å². The Morgan fingerprint density at radius 3 is 2.70 bits per heavy atom. The Hall–Kier alpha value is -1.36. The largest absolute Gasteiger partial charge is 0.335 e. The van der Waals surface area contributed by atoms with Gasteiger partial charge in [-0.3, -0.25) is 9.89 Å². The van der Waals surface area contributed by atoms with Crippen molar-refractivity contribution in [1.82, 2.24) is 20.4 Å². The van der Waals surface area contributed by atoms with Gasteiger partial charge in [0.1, 0.15) is 0 Å². The fraction of sp³-hybridized carbons (Fsp3) is 0.733. The molecule has 1 amide bonds. The number of carbonyl (C=O) groups is 1. The van der Waals surface area contributed by atoms with Gasteiger partial charge in [-0.25, -0.2) is 0 Å². The number of hydrogen-bond acceptors (Lipinski definition) is 3. The topological polar surface area (TPSA) is 61.0 Å². The van der Waals surface area contributed by atoms with Crippen LogP contribution in [0.4, 0.5) is 0 Å². The molecule has 1 atom stereocenters. The van der Waals surface area contributed by atoms with Crippen LogP contribution in [-0.4, -0.2) is 46.7 Å². The van der Waals surface area contributed by atoms with Gasteiger partial charge in [-0.2, -0.15) is 5.10 Å². The predicted octanol–water partition coefficient (Wildman–Crippen LogP) is 1.63. The lowest BCUT2D eigenvalue weighted by atomic mass is 9.98. The lowest BCUT2D eigenvalue weighted by molar-refractivity contribution is 0.0703. The number of rotatable bonds is 4. The summed E-state index contributed by atoms with van der Waals surface area (Å²) in [5, 5.41) is 10.5. The molecule has 2 aliphatic rings. The normalized spacial score (nSPS) is 22.8. The lowest BCUT2D eigenvalue weighted by Gasteiger charge is -2.30. The number of aromatic nitrogens is 2. The molecule has 0 aromatic carbocycles. The first kappa shape index (κ1) is 13.6. The zero-order chi connectivity index (χ0) is 14.1. The van der Waals surface area contributed by atoms with Crippen LogP contribution in [0.1, 0.15) is 47.4 Å². The molecule has 1 saturated heterocycles. The minimum absolute atomic E-state index is 0.168. The monoisotopic (exact) mass is 276 g/mol. The molecule has 0 spiro atoms. The fourth-order valence-electron chi connectivity index (χ4n) is 3.15. The molecule has 1 aromatic heterocycles. The maximum Gasteiger partial charge on any atom is 0.257 e. The number of piperidine rings is 1. The molecule has 1 aromatic rings. The first-order chi connectivity index (χ1) is 9.66. The van der Waals surface area contributed by atoms with E-state index >= 15 is 0 Å². The third-order valence-electron chi connectivity index (χ3n) is 4.44. The van der Waals surface area contributed by atoms with Crippen LogP contribution in [-0.2, 0) is 0 Å². The number of hydrogen-bond donors (Lipinski definition) is 2. The Kier molecular flexibility index (Phi) is 3.78. The fourth-order valence-corrected chi connectivity index (χ4v) is 3.15. The van der Waals surface area contributed by atoms with Crippen LogP contribution in [0, 0.1) is 19.8 Å². The van der Waals surface area contributed by atoms with Gasteiger partial charge in [0.2, 0.25) is 0 Å². The second-order valence-electron chi connectivity index (χ2n) is 6.21. The summed E-state index contributed by atoms with van der Waals surface area (Å²) >= 11 is 0. The van der Waals surface area contributed by atoms with E-state index in [1.165, 1.54) is 12.8 Å². The summed E-state index contributed by atoms with van der Waals surface area (Å²) in [4.78, 5) is 14.9. The second kappa shape index (κ2) is 5.56. The van der Waals surface area contributed by atoms with E-state index < -0.39 is 0 Å². The van der Waals surface area contributed by atoms with E-state index in [9.17, 15) is 4.79 Å². The number of amides is 1. The average molecular weight is 276 g/mol. The quantitative estimate of drug-likeness (QED) is 0.878. The Balaban J connectivity index is 1.74. The van der Waals surface area contributed by atoms with Gasteiger partial charge in [-0.15, -0.1) is 0 Å². The van der Waals surface area contributed by atoms with Crippen molar-refractivity contribution in [2.24, 2.45) is 5.92 Å². The van der Waals surface area contributed by atoms with Crippen molar-refractivity contribution in [3.8, 4) is 0 Å². The highest BCUT2D eigenvalue weighted by molar-refractivity contribution is 5.96. The van der Waals surface area contributed by atoms with Crippen LogP contribution in [0.5, 0.6) is 0 Å². The highest BCUT2D eigenvalue weighted by Crippen LogP contribution is 2.30. The maximum atomic E-state index is 12.8. The van der Waals surface area contributed by atoms with E-state index in [0.29, 0.717) is 12.0 Å². The molecule has 2 fully saturated rings. The Bertz CT molecular complexity index is 467. The zero-order valence-corrected chi connectivity index (χ0v) is 12.4. The van der Waals surface area contributed by atoms with Crippen LogP contribution in [0.2, 0.25) is 0 Å². The second-order valence-corrected chi connectivity index (χ2v) is 6.21. The van der Waals surface area contributed by atoms with Gasteiger partial charge in [-0.1, -0.05) is 0 Å². The molecule has 1 saturated carbocycles. The van der Waals surface area contributed by atoms with Gasteiger partial charge in [0.15, 0.2) is 0 Å². The smallest absolute Gasteiger partial charge is 0.257 e. The molecule has 1 aliphatic carbocycles. The van der Waals surface area contributed by atoms with Crippen LogP contribution in [0.3, 0.4) is 0 Å². The summed E-state index contributed by atoms with van der Waals surface area (Å²) in [6.07, 6.45) is 4.76. The van der Waals surface area contributed by atoms with Gasteiger partial charge in [0.05, 0.1) is 11.3 Å². The predicted molar refractivity (Wildman–Crippen MR) is 77.7 cm³/mol. The summed E-state index contributed by atoms with van der Waals surface area (Å²) in [5.41, 5.74) is 2.49. The van der Waals surface area contributed by atoms with Crippen molar-refractivity contribution in [2.45, 2.75) is 45.6 Å². The van der Waals surface area contributed by atoms with Crippen LogP contribution in [0.25, 0.3) is 0 Å². The molecule has 1 unspecified atom stereocenters. The molecular formula is C15H24N4O. The minimum Gasteiger partial charge on any atom is -0.335 e. The third kappa shape index (κ3) is 2.73. The number of aryl methyl sites for hydroxylation is 2. The van der Waals surface area contributed by atoms with Gasteiger partial charge in [-0.05, 0) is 58.5 Å². The highest BCUT2D eigenvalue weighted by atomic mass is 16.2. The number of aromatic amines is 1. The first-order valence-electron chi connectivity index (χ1n) is 7.70. The summed E-state index contributed by atoms with van der Waals surface area (Å²) in [5.74, 6) is 0.766. The molecule has 0 bridgehead atoms. The average Bonchev–Trinajstić information content (AvgIpc) is 3.23. The summed E-state index contributed by atoms with van der Waals surface area (Å²) in [7, 11) is 0. The van der Waals surface area contributed by atoms with Crippen molar-refractivity contribution in [1.29, 1.82) is 0 Å². The number of nitrogens with one attached hydrogen (secondary N) is 2. The van der Waals surface area contributed by atoms with Crippen molar-refractivity contribution in [3.63, 3.8) is 0 Å². The summed E-state index contributed by atoms with van der Waals surface area (Å²) < 4.78 is 0. The molecule has 20 heavy (non-hydrogen) atoms. The van der Waals surface area contributed by atoms with Crippen LogP contribution < -0.4 is 5.32 Å². The maximum absolute atomic E-state index is 12.8. The van der Waals surface area contributed by atoms with Gasteiger partial charge < -0.3 is 10.2 Å². The molecular weight excluding hydrogens is 252 g/mol. The Morgan fingerprint density at radius 2 is 2.15 bits per heavy atom. The van der Waals surface area contributed by atoms with Crippen molar-refractivity contribution in [3.05, 3.63) is 17.0 Å². The molecule has 3 rings (SSSR count). The summed E-state index contributed by atoms with van der Waals surface area (Å²) in [6, 6.07) is 0.457. The van der Waals surface area contributed by atoms with Crippen molar-refractivity contribution in [2.75, 3.05) is 19.6 Å². The minimum atomic E-state index is 0.168. The van der Waals surface area contributed by atoms with Crippen LogP contribution >= 0.6 is 0 Å². The lowest BCUT2D eigenvalue weighted by Crippen LogP contribution is -2.42. The van der Waals surface area contributed by atoms with Gasteiger partial charge in [0, 0.05) is 18.3 Å². The Labute approximate surface area is 120 Å². The van der Waals surface area contributed by atoms with Gasteiger partial charge in [0.25, 0.3) is 5.91 Å². The number of H-pyrrole nitrogens is 1. The van der Waals surface area contributed by atoms with Crippen molar-refractivity contribution >= 4 is 5.91 Å². The number of carbonyl (C=O) groups excluding carboxylic acids is 1. The zero-order valence-electron chi connectivity index (χ0n) is 12.4. The first-order valence-corrected chi connectivity index (χ1v) is 7.70. The van der Waals surface area contributed by atoms with E-state index in [4.69, 9.17) is 0 Å². The third-order valence-corrected chi connectivity index (χ3v) is 4.44. The summed E-state index contributed by atoms with van der Waals surface area (Å²) in [6.45, 7) is 6.89. The van der Waals surface area contributed by atoms with E-state index in [1.807, 2.05) is 13.8 Å². The number of nitrogens with zero attached hydrogens (tertiary/aromatic N) is 2. The van der Waals surface area contributed by atoms with Gasteiger partial charge >= 0.3 is 0 Å². The molecule has 2 heterocycles. The SMILES string of the molecule is Cc1n[nH]c(C)c1C(=O)N(CC1CCCNC1)C1CC1. The molecule has 0 radical (unpaired) electrons. The molecule has 1 aliphatic heterocycles. The van der Waals surface area contributed by atoms with E-state index in [0.717, 1.165) is 49.4 Å². The Morgan fingerprint density at radius 1 is 1.35 bits per heavy atom. The highest BCUT2D eigenvalue weighted by Gasteiger charge is 2.36. The standard InChI is InChI=1S/C15H24N4O/c1-10-14(11(2)18-17-10)15(20)19(13-5-6-13)9-12-4-3-7-16-8-12/h12-13,16H,3-9H2,1-2H3,(H,17,18). The van der Waals surface area contributed by atoms with E-state index in [2.05, 4.69) is 20.4 Å². The molecule has 2 N–H and O–H groups in total. The van der Waals surface area contributed by atoms with Crippen molar-refractivity contribution < 1.29 is 4.79 Å². The molecule has 5 nitrogen and oxygen atoms in total. The van der Waals surface area contributed by atoms with Crippen LogP contribution in [0.15, 0.2) is 0 Å². The molecule has 5 heteroatoms.